The van der Waals surface area contributed by atoms with Crippen molar-refractivity contribution in [2.45, 2.75) is 25.8 Å². The molecular formula is C7H14N2O3. The van der Waals surface area contributed by atoms with Gasteiger partial charge in [-0.1, -0.05) is 6.92 Å². The lowest BCUT2D eigenvalue weighted by Gasteiger charge is -2.08. The Morgan fingerprint density at radius 1 is 1.58 bits per heavy atom. The zero-order valence-electron chi connectivity index (χ0n) is 7.04. The highest BCUT2D eigenvalue weighted by Crippen LogP contribution is 1.85. The molecule has 0 fully saturated rings. The maximum Gasteiger partial charge on any atom is 0.305 e. The number of carboxylic acids is 1. The van der Waals surface area contributed by atoms with Crippen LogP contribution in [0.2, 0.25) is 0 Å². The largest absolute Gasteiger partial charge is 0.481 e. The van der Waals surface area contributed by atoms with Crippen molar-refractivity contribution in [3.63, 3.8) is 0 Å². The summed E-state index contributed by atoms with van der Waals surface area (Å²) < 4.78 is 0. The zero-order valence-corrected chi connectivity index (χ0v) is 7.04. The third kappa shape index (κ3) is 4.68. The summed E-state index contributed by atoms with van der Waals surface area (Å²) in [7, 11) is 0. The second-order valence-corrected chi connectivity index (χ2v) is 2.45. The van der Waals surface area contributed by atoms with Crippen LogP contribution in [0.1, 0.15) is 19.8 Å². The Morgan fingerprint density at radius 3 is 2.58 bits per heavy atom. The van der Waals surface area contributed by atoms with Crippen LogP contribution in [0.15, 0.2) is 0 Å². The Kier molecular flexibility index (Phi) is 5.03. The molecule has 0 aliphatic carbocycles. The molecule has 0 rings (SSSR count). The Balaban J connectivity index is 3.50. The summed E-state index contributed by atoms with van der Waals surface area (Å²) in [5, 5.41) is 10.7. The predicted molar refractivity (Wildman–Crippen MR) is 43.5 cm³/mol. The average Bonchev–Trinajstić information content (AvgIpc) is 2.02. The first kappa shape index (κ1) is 10.9. The minimum absolute atomic E-state index is 0.0673. The number of aliphatic carboxylic acids is 1. The topological polar surface area (TPSA) is 92.4 Å². The Bertz CT molecular complexity index is 170. The summed E-state index contributed by atoms with van der Waals surface area (Å²) in [6, 6.07) is -0.529. The molecule has 0 aliphatic heterocycles. The van der Waals surface area contributed by atoms with Gasteiger partial charge >= 0.3 is 5.97 Å². The molecule has 1 amide bonds. The minimum Gasteiger partial charge on any atom is -0.481 e. The Hall–Kier alpha value is -1.10. The molecule has 0 aliphatic rings. The van der Waals surface area contributed by atoms with Gasteiger partial charge in [0.25, 0.3) is 0 Å². The van der Waals surface area contributed by atoms with Gasteiger partial charge in [-0.25, -0.2) is 0 Å². The highest BCUT2D eigenvalue weighted by molar-refractivity contribution is 5.81. The van der Waals surface area contributed by atoms with Crippen molar-refractivity contribution in [2.24, 2.45) is 5.73 Å². The first-order valence-corrected chi connectivity index (χ1v) is 3.83. The highest BCUT2D eigenvalue weighted by atomic mass is 16.4. The molecule has 0 saturated heterocycles. The van der Waals surface area contributed by atoms with E-state index in [1.165, 1.54) is 0 Å². The van der Waals surface area contributed by atoms with Gasteiger partial charge in [-0.05, 0) is 6.42 Å². The number of amides is 1. The molecule has 0 aromatic rings. The summed E-state index contributed by atoms with van der Waals surface area (Å²) in [6.07, 6.45) is 0.487. The average molecular weight is 174 g/mol. The van der Waals surface area contributed by atoms with Gasteiger partial charge < -0.3 is 16.2 Å². The third-order valence-corrected chi connectivity index (χ3v) is 1.41. The van der Waals surface area contributed by atoms with Gasteiger partial charge in [0.1, 0.15) is 0 Å². The number of carbonyl (C=O) groups is 2. The van der Waals surface area contributed by atoms with Gasteiger partial charge in [0, 0.05) is 6.54 Å². The van der Waals surface area contributed by atoms with Gasteiger partial charge in [-0.15, -0.1) is 0 Å². The van der Waals surface area contributed by atoms with E-state index in [1.54, 1.807) is 6.92 Å². The van der Waals surface area contributed by atoms with E-state index < -0.39 is 12.0 Å². The van der Waals surface area contributed by atoms with Crippen LogP contribution in [-0.4, -0.2) is 29.6 Å². The molecule has 0 radical (unpaired) electrons. The van der Waals surface area contributed by atoms with Gasteiger partial charge in [-0.2, -0.15) is 0 Å². The number of nitrogens with two attached hydrogens (primary N) is 1. The highest BCUT2D eigenvalue weighted by Gasteiger charge is 2.09. The lowest BCUT2D eigenvalue weighted by atomic mass is 10.2. The van der Waals surface area contributed by atoms with Crippen LogP contribution in [0.3, 0.4) is 0 Å². The van der Waals surface area contributed by atoms with Gasteiger partial charge in [-0.3, -0.25) is 9.59 Å². The summed E-state index contributed by atoms with van der Waals surface area (Å²) in [5.74, 6) is -1.22. The normalized spacial score (nSPS) is 12.2. The molecule has 0 aromatic carbocycles. The fraction of sp³-hybridized carbons (Fsp3) is 0.714. The molecule has 0 unspecified atom stereocenters. The smallest absolute Gasteiger partial charge is 0.305 e. The molecule has 70 valence electrons. The third-order valence-electron chi connectivity index (χ3n) is 1.41. The fourth-order valence-electron chi connectivity index (χ4n) is 0.609. The van der Waals surface area contributed by atoms with Crippen LogP contribution in [0, 0.1) is 0 Å². The maximum atomic E-state index is 10.9. The number of rotatable bonds is 5. The first-order valence-electron chi connectivity index (χ1n) is 3.83. The monoisotopic (exact) mass is 174 g/mol. The minimum atomic E-state index is -0.930. The van der Waals surface area contributed by atoms with Crippen LogP contribution in [-0.2, 0) is 9.59 Å². The lowest BCUT2D eigenvalue weighted by molar-refractivity contribution is -0.136. The predicted octanol–water partition coefficient (Wildman–Crippen LogP) is -0.685. The van der Waals surface area contributed by atoms with Crippen molar-refractivity contribution in [1.82, 2.24) is 5.32 Å². The fourth-order valence-corrected chi connectivity index (χ4v) is 0.609. The van der Waals surface area contributed by atoms with E-state index in [0.29, 0.717) is 6.42 Å². The number of hydrogen-bond acceptors (Lipinski definition) is 3. The van der Waals surface area contributed by atoms with Crippen LogP contribution in [0.5, 0.6) is 0 Å². The zero-order chi connectivity index (χ0) is 9.56. The van der Waals surface area contributed by atoms with Gasteiger partial charge in [0.2, 0.25) is 5.91 Å². The molecule has 0 aromatic heterocycles. The molecule has 4 N–H and O–H groups in total. The van der Waals surface area contributed by atoms with E-state index in [4.69, 9.17) is 10.8 Å². The molecule has 0 heterocycles. The van der Waals surface area contributed by atoms with Crippen LogP contribution < -0.4 is 11.1 Å². The summed E-state index contributed by atoms with van der Waals surface area (Å²) in [5.41, 5.74) is 5.37. The van der Waals surface area contributed by atoms with E-state index in [-0.39, 0.29) is 18.9 Å². The van der Waals surface area contributed by atoms with Crippen LogP contribution >= 0.6 is 0 Å². The number of hydrogen-bond donors (Lipinski definition) is 3. The van der Waals surface area contributed by atoms with Crippen LogP contribution in [0.4, 0.5) is 0 Å². The first-order chi connectivity index (χ1) is 5.57. The van der Waals surface area contributed by atoms with Crippen molar-refractivity contribution in [2.75, 3.05) is 6.54 Å². The summed E-state index contributed by atoms with van der Waals surface area (Å²) in [6.45, 7) is 1.93. The standard InChI is InChI=1S/C7H14N2O3/c1-2-5(8)7(12)9-4-3-6(10)11/h5H,2-4,8H2,1H3,(H,9,12)(H,10,11)/t5-/m0/s1. The Labute approximate surface area is 70.9 Å². The quantitative estimate of drug-likeness (QED) is 0.514. The van der Waals surface area contributed by atoms with Crippen molar-refractivity contribution in [1.29, 1.82) is 0 Å². The molecule has 0 saturated carbocycles. The molecule has 1 atom stereocenters. The van der Waals surface area contributed by atoms with E-state index in [2.05, 4.69) is 5.32 Å². The van der Waals surface area contributed by atoms with E-state index in [0.717, 1.165) is 0 Å². The van der Waals surface area contributed by atoms with E-state index in [9.17, 15) is 9.59 Å². The molecule has 12 heavy (non-hydrogen) atoms. The summed E-state index contributed by atoms with van der Waals surface area (Å²) in [4.78, 5) is 21.0. The number of nitrogens with one attached hydrogen (secondary N) is 1. The van der Waals surface area contributed by atoms with Crippen molar-refractivity contribution < 1.29 is 14.7 Å². The summed E-state index contributed by atoms with van der Waals surface area (Å²) >= 11 is 0. The molecular weight excluding hydrogens is 160 g/mol. The van der Waals surface area contributed by atoms with Crippen LogP contribution in [0.25, 0.3) is 0 Å². The van der Waals surface area contributed by atoms with E-state index >= 15 is 0 Å². The van der Waals surface area contributed by atoms with Gasteiger partial charge in [0.15, 0.2) is 0 Å². The number of carbonyl (C=O) groups excluding carboxylic acids is 1. The molecule has 5 heteroatoms. The number of carboxylic acid groups (broad SMARTS) is 1. The van der Waals surface area contributed by atoms with E-state index in [1.807, 2.05) is 0 Å². The SMILES string of the molecule is CC[C@H](N)C(=O)NCCC(=O)O. The second-order valence-electron chi connectivity index (χ2n) is 2.45. The van der Waals surface area contributed by atoms with Crippen molar-refractivity contribution in [3.8, 4) is 0 Å². The van der Waals surface area contributed by atoms with Crippen molar-refractivity contribution >= 4 is 11.9 Å². The maximum absolute atomic E-state index is 10.9. The second kappa shape index (κ2) is 5.54. The van der Waals surface area contributed by atoms with Crippen molar-refractivity contribution in [3.05, 3.63) is 0 Å². The molecule has 0 bridgehead atoms. The Morgan fingerprint density at radius 2 is 2.17 bits per heavy atom. The molecule has 0 spiro atoms. The van der Waals surface area contributed by atoms with Gasteiger partial charge in [0.05, 0.1) is 12.5 Å². The molecule has 5 nitrogen and oxygen atoms in total. The lowest BCUT2D eigenvalue weighted by Crippen LogP contribution is -2.40.